The summed E-state index contributed by atoms with van der Waals surface area (Å²) in [5.41, 5.74) is 0. The van der Waals surface area contributed by atoms with Gasteiger partial charge < -0.3 is 9.16 Å². The highest BCUT2D eigenvalue weighted by atomic mass is 32.2. The number of carbonyl (C=O) groups excluding carboxylic acids is 2. The molecule has 0 amide bonds. The molecule has 29 heavy (non-hydrogen) atoms. The summed E-state index contributed by atoms with van der Waals surface area (Å²) in [4.78, 5) is 25.3. The Morgan fingerprint density at radius 3 is 1.90 bits per heavy atom. The van der Waals surface area contributed by atoms with Gasteiger partial charge in [0, 0.05) is 0 Å². The lowest BCUT2D eigenvalue weighted by Crippen LogP contribution is -2.68. The first-order valence-electron chi connectivity index (χ1n) is 9.50. The summed E-state index contributed by atoms with van der Waals surface area (Å²) in [6.45, 7) is 6.44. The first-order valence-corrected chi connectivity index (χ1v) is 12.3. The van der Waals surface area contributed by atoms with E-state index in [0.717, 1.165) is 22.1 Å². The number of thioether (sulfide) groups is 1. The van der Waals surface area contributed by atoms with Gasteiger partial charge in [0.1, 0.15) is 0 Å². The van der Waals surface area contributed by atoms with Crippen LogP contribution in [0.3, 0.4) is 0 Å². The zero-order valence-corrected chi connectivity index (χ0v) is 19.0. The highest BCUT2D eigenvalue weighted by Crippen LogP contribution is 2.41. The van der Waals surface area contributed by atoms with Crippen molar-refractivity contribution in [3.63, 3.8) is 0 Å². The number of ether oxygens (including phenoxy) is 1. The van der Waals surface area contributed by atoms with E-state index in [1.165, 1.54) is 13.2 Å². The Hall–Kier alpha value is -2.15. The molecule has 0 spiro atoms. The number of ketones is 1. The van der Waals surface area contributed by atoms with Gasteiger partial charge in [-0.1, -0.05) is 81.4 Å². The number of rotatable bonds is 6. The predicted molar refractivity (Wildman–Crippen MR) is 120 cm³/mol. The third kappa shape index (κ3) is 3.72. The van der Waals surface area contributed by atoms with E-state index >= 15 is 0 Å². The Labute approximate surface area is 177 Å². The van der Waals surface area contributed by atoms with E-state index in [1.807, 2.05) is 36.4 Å². The number of benzene rings is 2. The van der Waals surface area contributed by atoms with Crippen LogP contribution in [-0.2, 0) is 18.8 Å². The predicted octanol–water partition coefficient (Wildman–Crippen LogP) is 3.30. The van der Waals surface area contributed by atoms with Gasteiger partial charge in [-0.05, 0) is 26.9 Å². The molecule has 1 heterocycles. The number of allylic oxidation sites excluding steroid dienone is 1. The summed E-state index contributed by atoms with van der Waals surface area (Å²) in [5.74, 6) is -0.859. The van der Waals surface area contributed by atoms with Crippen molar-refractivity contribution in [2.24, 2.45) is 0 Å². The largest absolute Gasteiger partial charge is 0.468 e. The Bertz CT molecular complexity index is 866. The van der Waals surface area contributed by atoms with Crippen molar-refractivity contribution in [1.29, 1.82) is 0 Å². The molecule has 1 aliphatic heterocycles. The van der Waals surface area contributed by atoms with Gasteiger partial charge in [-0.15, -0.1) is 11.8 Å². The fourth-order valence-electron chi connectivity index (χ4n) is 3.85. The van der Waals surface area contributed by atoms with Crippen LogP contribution >= 0.6 is 11.8 Å². The summed E-state index contributed by atoms with van der Waals surface area (Å²) in [5, 5.41) is 3.60. The maximum atomic E-state index is 12.7. The van der Waals surface area contributed by atoms with Crippen molar-refractivity contribution in [2.45, 2.75) is 30.6 Å². The number of methoxy groups -OCH3 is 1. The van der Waals surface area contributed by atoms with Crippen LogP contribution < -0.4 is 10.4 Å². The van der Waals surface area contributed by atoms with Crippen LogP contribution in [0.4, 0.5) is 0 Å². The molecule has 0 fully saturated rings. The fraction of sp³-hybridized carbons (Fsp3) is 0.304. The quantitative estimate of drug-likeness (QED) is 0.403. The highest BCUT2D eigenvalue weighted by molar-refractivity contribution is 8.05. The zero-order chi connectivity index (χ0) is 21.1. The lowest BCUT2D eigenvalue weighted by atomic mass is 10.1. The van der Waals surface area contributed by atoms with Gasteiger partial charge in [0.15, 0.2) is 5.78 Å². The standard InChI is InChI=1S/C23H26O4SSi/c1-22(2,3)29(18-11-7-5-8-12-18,19-13-9-6-10-14-19)27-17-23(21(25)26-4)20(24)15-16-28-23/h5-16H,17H2,1-4H3. The Kier molecular flexibility index (Phi) is 6.17. The van der Waals surface area contributed by atoms with E-state index in [-0.39, 0.29) is 17.4 Å². The van der Waals surface area contributed by atoms with Gasteiger partial charge in [-0.2, -0.15) is 0 Å². The normalized spacial score (nSPS) is 19.4. The molecule has 2 aromatic carbocycles. The molecule has 6 heteroatoms. The topological polar surface area (TPSA) is 52.6 Å². The van der Waals surface area contributed by atoms with Gasteiger partial charge in [0.25, 0.3) is 8.32 Å². The minimum absolute atomic E-state index is 0.0382. The molecule has 3 rings (SSSR count). The minimum Gasteiger partial charge on any atom is -0.468 e. The van der Waals surface area contributed by atoms with Crippen LogP contribution in [-0.4, -0.2) is 38.5 Å². The molecule has 0 bridgehead atoms. The van der Waals surface area contributed by atoms with Crippen molar-refractivity contribution in [2.75, 3.05) is 13.7 Å². The monoisotopic (exact) mass is 426 g/mol. The van der Waals surface area contributed by atoms with Crippen LogP contribution in [0.25, 0.3) is 0 Å². The maximum Gasteiger partial charge on any atom is 0.332 e. The van der Waals surface area contributed by atoms with E-state index < -0.39 is 19.0 Å². The van der Waals surface area contributed by atoms with Gasteiger partial charge >= 0.3 is 5.97 Å². The molecule has 1 unspecified atom stereocenters. The average Bonchev–Trinajstić information content (AvgIpc) is 3.10. The van der Waals surface area contributed by atoms with E-state index in [4.69, 9.17) is 9.16 Å². The summed E-state index contributed by atoms with van der Waals surface area (Å²) >= 11 is 1.16. The third-order valence-corrected chi connectivity index (χ3v) is 11.5. The van der Waals surface area contributed by atoms with Crippen molar-refractivity contribution in [3.05, 3.63) is 72.1 Å². The second-order valence-electron chi connectivity index (χ2n) is 8.06. The van der Waals surface area contributed by atoms with Crippen LogP contribution in [0.15, 0.2) is 72.1 Å². The Morgan fingerprint density at radius 2 is 1.52 bits per heavy atom. The van der Waals surface area contributed by atoms with Crippen LogP contribution in [0.1, 0.15) is 20.8 Å². The number of hydrogen-bond acceptors (Lipinski definition) is 5. The van der Waals surface area contributed by atoms with Crippen LogP contribution in [0.5, 0.6) is 0 Å². The molecule has 2 aromatic rings. The number of carbonyl (C=O) groups is 2. The smallest absolute Gasteiger partial charge is 0.332 e. The van der Waals surface area contributed by atoms with Gasteiger partial charge in [0.05, 0.1) is 13.7 Å². The van der Waals surface area contributed by atoms with Crippen molar-refractivity contribution < 1.29 is 18.8 Å². The average molecular weight is 427 g/mol. The molecule has 1 aliphatic rings. The zero-order valence-electron chi connectivity index (χ0n) is 17.2. The molecule has 4 nitrogen and oxygen atoms in total. The summed E-state index contributed by atoms with van der Waals surface area (Å²) in [6, 6.07) is 20.3. The van der Waals surface area contributed by atoms with Gasteiger partial charge in [0.2, 0.25) is 4.75 Å². The van der Waals surface area contributed by atoms with Crippen molar-refractivity contribution in [1.82, 2.24) is 0 Å². The van der Waals surface area contributed by atoms with Crippen LogP contribution in [0.2, 0.25) is 5.04 Å². The Balaban J connectivity index is 2.14. The van der Waals surface area contributed by atoms with E-state index in [1.54, 1.807) is 5.41 Å². The summed E-state index contributed by atoms with van der Waals surface area (Å²) < 4.78 is 10.4. The van der Waals surface area contributed by atoms with E-state index in [2.05, 4.69) is 45.0 Å². The molecule has 0 aliphatic carbocycles. The van der Waals surface area contributed by atoms with Crippen molar-refractivity contribution in [3.8, 4) is 0 Å². The van der Waals surface area contributed by atoms with Crippen LogP contribution in [0, 0.1) is 0 Å². The first-order chi connectivity index (χ1) is 13.8. The summed E-state index contributed by atoms with van der Waals surface area (Å²) in [6.07, 6.45) is 1.43. The molecule has 0 saturated heterocycles. The summed E-state index contributed by atoms with van der Waals surface area (Å²) in [7, 11) is -1.55. The second-order valence-corrected chi connectivity index (χ2v) is 13.6. The Morgan fingerprint density at radius 1 is 1.00 bits per heavy atom. The first kappa shape index (κ1) is 21.6. The van der Waals surface area contributed by atoms with Gasteiger partial charge in [-0.3, -0.25) is 4.79 Å². The number of hydrogen-bond donors (Lipinski definition) is 0. The van der Waals surface area contributed by atoms with E-state index in [0.29, 0.717) is 0 Å². The molecule has 0 aromatic heterocycles. The highest BCUT2D eigenvalue weighted by Gasteiger charge is 2.55. The van der Waals surface area contributed by atoms with Gasteiger partial charge in [-0.25, -0.2) is 4.79 Å². The fourth-order valence-corrected chi connectivity index (χ4v) is 9.46. The lowest BCUT2D eigenvalue weighted by molar-refractivity contribution is -0.147. The minimum atomic E-state index is -2.85. The lowest BCUT2D eigenvalue weighted by Gasteiger charge is -2.44. The van der Waals surface area contributed by atoms with Crippen molar-refractivity contribution >= 4 is 42.2 Å². The second kappa shape index (κ2) is 8.30. The molecular weight excluding hydrogens is 400 g/mol. The molecular formula is C23H26O4SSi. The SMILES string of the molecule is COC(=O)C1(CO[Si](c2ccccc2)(c2ccccc2)C(C)(C)C)SC=CC1=O. The number of esters is 1. The molecule has 0 radical (unpaired) electrons. The molecule has 152 valence electrons. The maximum absolute atomic E-state index is 12.7. The molecule has 1 atom stereocenters. The third-order valence-electron chi connectivity index (χ3n) is 5.31. The molecule has 0 N–H and O–H groups in total. The molecule has 0 saturated carbocycles. The van der Waals surface area contributed by atoms with E-state index in [9.17, 15) is 9.59 Å².